The van der Waals surface area contributed by atoms with Gasteiger partial charge in [-0.25, -0.2) is 0 Å². The van der Waals surface area contributed by atoms with Crippen molar-refractivity contribution in [2.24, 2.45) is 11.7 Å². The first-order valence-electron chi connectivity index (χ1n) is 7.79. The van der Waals surface area contributed by atoms with Gasteiger partial charge in [-0.3, -0.25) is 4.90 Å². The lowest BCUT2D eigenvalue weighted by atomic mass is 10.0. The van der Waals surface area contributed by atoms with E-state index in [2.05, 4.69) is 18.9 Å². The fraction of sp³-hybridized carbons (Fsp3) is 0.647. The SMILES string of the molecule is COc1ccc(C(N)C(C)N(C)CCOCC2CC2)cc1. The van der Waals surface area contributed by atoms with Gasteiger partial charge in [0.1, 0.15) is 5.75 Å². The standard InChI is InChI=1S/C17H28N2O2/c1-13(19(2)10-11-21-12-14-4-5-14)17(18)15-6-8-16(20-3)9-7-15/h6-9,13-14,17H,4-5,10-12,18H2,1-3H3. The Hall–Kier alpha value is -1.10. The van der Waals surface area contributed by atoms with Crippen molar-refractivity contribution in [3.8, 4) is 5.75 Å². The predicted octanol–water partition coefficient (Wildman–Crippen LogP) is 2.44. The molecule has 1 aromatic carbocycles. The molecule has 0 heterocycles. The van der Waals surface area contributed by atoms with Crippen molar-refractivity contribution >= 4 is 0 Å². The quantitative estimate of drug-likeness (QED) is 0.710. The highest BCUT2D eigenvalue weighted by molar-refractivity contribution is 5.29. The van der Waals surface area contributed by atoms with Gasteiger partial charge in [-0.15, -0.1) is 0 Å². The molecule has 21 heavy (non-hydrogen) atoms. The summed E-state index contributed by atoms with van der Waals surface area (Å²) < 4.78 is 10.9. The Balaban J connectivity index is 1.77. The minimum atomic E-state index is -0.00987. The van der Waals surface area contributed by atoms with Crippen LogP contribution in [0.5, 0.6) is 5.75 Å². The van der Waals surface area contributed by atoms with Crippen LogP contribution in [0.3, 0.4) is 0 Å². The molecule has 0 aromatic heterocycles. The van der Waals surface area contributed by atoms with Crippen molar-refractivity contribution in [3.05, 3.63) is 29.8 Å². The fourth-order valence-corrected chi connectivity index (χ4v) is 2.33. The number of hydrogen-bond acceptors (Lipinski definition) is 4. The zero-order valence-electron chi connectivity index (χ0n) is 13.4. The molecule has 1 aliphatic carbocycles. The average Bonchev–Trinajstić information content (AvgIpc) is 3.34. The van der Waals surface area contributed by atoms with Crippen molar-refractivity contribution < 1.29 is 9.47 Å². The van der Waals surface area contributed by atoms with Gasteiger partial charge in [0.05, 0.1) is 13.7 Å². The average molecular weight is 292 g/mol. The van der Waals surface area contributed by atoms with Crippen LogP contribution >= 0.6 is 0 Å². The lowest BCUT2D eigenvalue weighted by Crippen LogP contribution is -2.40. The summed E-state index contributed by atoms with van der Waals surface area (Å²) >= 11 is 0. The lowest BCUT2D eigenvalue weighted by molar-refractivity contribution is 0.0896. The van der Waals surface area contributed by atoms with Crippen molar-refractivity contribution in [3.63, 3.8) is 0 Å². The Kier molecular flexibility index (Phi) is 6.03. The Labute approximate surface area is 128 Å². The normalized spacial score (nSPS) is 17.8. The molecule has 1 fully saturated rings. The number of hydrogen-bond donors (Lipinski definition) is 1. The third-order valence-corrected chi connectivity index (χ3v) is 4.35. The molecular weight excluding hydrogens is 264 g/mol. The summed E-state index contributed by atoms with van der Waals surface area (Å²) in [6, 6.07) is 8.25. The molecule has 2 N–H and O–H groups in total. The molecule has 2 rings (SSSR count). The second-order valence-electron chi connectivity index (χ2n) is 6.04. The van der Waals surface area contributed by atoms with Gasteiger partial charge < -0.3 is 15.2 Å². The molecule has 4 heteroatoms. The lowest BCUT2D eigenvalue weighted by Gasteiger charge is -2.30. The molecule has 1 saturated carbocycles. The highest BCUT2D eigenvalue weighted by Crippen LogP contribution is 2.28. The summed E-state index contributed by atoms with van der Waals surface area (Å²) in [5.74, 6) is 1.69. The molecule has 2 unspecified atom stereocenters. The van der Waals surface area contributed by atoms with E-state index in [-0.39, 0.29) is 12.1 Å². The molecule has 0 bridgehead atoms. The molecule has 118 valence electrons. The zero-order valence-corrected chi connectivity index (χ0v) is 13.4. The van der Waals surface area contributed by atoms with E-state index in [0.717, 1.165) is 37.0 Å². The minimum Gasteiger partial charge on any atom is -0.497 e. The van der Waals surface area contributed by atoms with Crippen molar-refractivity contribution in [1.29, 1.82) is 0 Å². The Morgan fingerprint density at radius 1 is 1.29 bits per heavy atom. The van der Waals surface area contributed by atoms with Gasteiger partial charge in [0, 0.05) is 25.2 Å². The zero-order chi connectivity index (χ0) is 15.2. The molecule has 1 aromatic rings. The second kappa shape index (κ2) is 7.78. The molecule has 1 aliphatic rings. The Bertz CT molecular complexity index is 417. The number of benzene rings is 1. The van der Waals surface area contributed by atoms with E-state index in [1.54, 1.807) is 7.11 Å². The minimum absolute atomic E-state index is 0.00987. The first kappa shape index (κ1) is 16.3. The van der Waals surface area contributed by atoms with Gasteiger partial charge in [0.25, 0.3) is 0 Å². The van der Waals surface area contributed by atoms with Crippen molar-refractivity contribution in [1.82, 2.24) is 4.90 Å². The molecule has 0 amide bonds. The smallest absolute Gasteiger partial charge is 0.118 e. The molecule has 0 spiro atoms. The third kappa shape index (κ3) is 4.99. The molecule has 0 radical (unpaired) electrons. The second-order valence-corrected chi connectivity index (χ2v) is 6.04. The highest BCUT2D eigenvalue weighted by atomic mass is 16.5. The van der Waals surface area contributed by atoms with Crippen LogP contribution in [0.4, 0.5) is 0 Å². The molecule has 0 aliphatic heterocycles. The summed E-state index contributed by atoms with van der Waals surface area (Å²) in [6.07, 6.45) is 2.68. The van der Waals surface area contributed by atoms with Crippen LogP contribution in [-0.4, -0.2) is 44.9 Å². The van der Waals surface area contributed by atoms with E-state index in [1.807, 2.05) is 24.3 Å². The van der Waals surface area contributed by atoms with E-state index >= 15 is 0 Å². The number of nitrogens with two attached hydrogens (primary N) is 1. The Morgan fingerprint density at radius 2 is 1.95 bits per heavy atom. The van der Waals surface area contributed by atoms with Crippen LogP contribution in [0, 0.1) is 5.92 Å². The van der Waals surface area contributed by atoms with E-state index in [4.69, 9.17) is 15.2 Å². The maximum Gasteiger partial charge on any atom is 0.118 e. The van der Waals surface area contributed by atoms with E-state index in [1.165, 1.54) is 12.8 Å². The first-order chi connectivity index (χ1) is 10.1. The van der Waals surface area contributed by atoms with Gasteiger partial charge in [0.15, 0.2) is 0 Å². The van der Waals surface area contributed by atoms with Crippen molar-refractivity contribution in [2.45, 2.75) is 31.8 Å². The summed E-state index contributed by atoms with van der Waals surface area (Å²) in [7, 11) is 3.78. The fourth-order valence-electron chi connectivity index (χ4n) is 2.33. The van der Waals surface area contributed by atoms with Crippen LogP contribution < -0.4 is 10.5 Å². The highest BCUT2D eigenvalue weighted by Gasteiger charge is 2.22. The van der Waals surface area contributed by atoms with Gasteiger partial charge in [-0.1, -0.05) is 12.1 Å². The summed E-state index contributed by atoms with van der Waals surface area (Å²) in [6.45, 7) is 4.78. The molecular formula is C17H28N2O2. The number of nitrogens with zero attached hydrogens (tertiary/aromatic N) is 1. The van der Waals surface area contributed by atoms with Crippen LogP contribution in [0.2, 0.25) is 0 Å². The van der Waals surface area contributed by atoms with Gasteiger partial charge in [-0.2, -0.15) is 0 Å². The number of likely N-dealkylation sites (N-methyl/N-ethyl adjacent to an activating group) is 1. The van der Waals surface area contributed by atoms with Crippen LogP contribution in [0.25, 0.3) is 0 Å². The van der Waals surface area contributed by atoms with Gasteiger partial charge >= 0.3 is 0 Å². The maximum absolute atomic E-state index is 6.37. The summed E-state index contributed by atoms with van der Waals surface area (Å²) in [5.41, 5.74) is 7.50. The Morgan fingerprint density at radius 3 is 2.52 bits per heavy atom. The number of rotatable bonds is 9. The summed E-state index contributed by atoms with van der Waals surface area (Å²) in [4.78, 5) is 2.27. The van der Waals surface area contributed by atoms with E-state index in [9.17, 15) is 0 Å². The molecule has 4 nitrogen and oxygen atoms in total. The van der Waals surface area contributed by atoms with Crippen molar-refractivity contribution in [2.75, 3.05) is 33.9 Å². The number of ether oxygens (including phenoxy) is 2. The molecule has 0 saturated heterocycles. The third-order valence-electron chi connectivity index (χ3n) is 4.35. The largest absolute Gasteiger partial charge is 0.497 e. The van der Waals surface area contributed by atoms with Crippen LogP contribution in [0.1, 0.15) is 31.4 Å². The molecule has 2 atom stereocenters. The van der Waals surface area contributed by atoms with E-state index in [0.29, 0.717) is 0 Å². The monoisotopic (exact) mass is 292 g/mol. The van der Waals surface area contributed by atoms with Gasteiger partial charge in [-0.05, 0) is 50.4 Å². The summed E-state index contributed by atoms with van der Waals surface area (Å²) in [5, 5.41) is 0. The van der Waals surface area contributed by atoms with Crippen LogP contribution in [-0.2, 0) is 4.74 Å². The predicted molar refractivity (Wildman–Crippen MR) is 85.6 cm³/mol. The topological polar surface area (TPSA) is 47.7 Å². The van der Waals surface area contributed by atoms with E-state index < -0.39 is 0 Å². The number of methoxy groups -OCH3 is 1. The van der Waals surface area contributed by atoms with Crippen LogP contribution in [0.15, 0.2) is 24.3 Å². The first-order valence-corrected chi connectivity index (χ1v) is 7.79. The van der Waals surface area contributed by atoms with Gasteiger partial charge in [0.2, 0.25) is 0 Å². The maximum atomic E-state index is 6.37.